The van der Waals surface area contributed by atoms with Crippen molar-refractivity contribution in [1.82, 2.24) is 4.98 Å². The van der Waals surface area contributed by atoms with Crippen molar-refractivity contribution in [3.8, 4) is 5.88 Å². The van der Waals surface area contributed by atoms with Crippen molar-refractivity contribution in [1.29, 1.82) is 0 Å². The Morgan fingerprint density at radius 1 is 1.33 bits per heavy atom. The van der Waals surface area contributed by atoms with E-state index in [4.69, 9.17) is 9.84 Å². The number of carbonyl (C=O) groups is 1. The molecule has 1 rings (SSSR count). The third-order valence-corrected chi connectivity index (χ3v) is 2.76. The lowest BCUT2D eigenvalue weighted by Crippen LogP contribution is -2.09. The Hall–Kier alpha value is -1.58. The molecule has 0 bridgehead atoms. The second kappa shape index (κ2) is 6.99. The molecule has 18 heavy (non-hydrogen) atoms. The Morgan fingerprint density at radius 3 is 2.67 bits per heavy atom. The first-order chi connectivity index (χ1) is 8.56. The molecule has 0 fully saturated rings. The zero-order valence-electron chi connectivity index (χ0n) is 11.3. The van der Waals surface area contributed by atoms with Crippen LogP contribution in [0.5, 0.6) is 5.88 Å². The van der Waals surface area contributed by atoms with E-state index in [1.807, 2.05) is 6.92 Å². The fourth-order valence-corrected chi connectivity index (χ4v) is 1.86. The van der Waals surface area contributed by atoms with E-state index in [0.29, 0.717) is 12.2 Å². The van der Waals surface area contributed by atoms with Gasteiger partial charge < -0.3 is 9.84 Å². The molecule has 0 aliphatic carbocycles. The zero-order chi connectivity index (χ0) is 13.5. The molecule has 0 amide bonds. The second-order valence-electron chi connectivity index (χ2n) is 4.47. The number of hydrogen-bond donors (Lipinski definition) is 1. The van der Waals surface area contributed by atoms with E-state index in [1.54, 1.807) is 13.0 Å². The van der Waals surface area contributed by atoms with Gasteiger partial charge in [0, 0.05) is 5.69 Å². The van der Waals surface area contributed by atoms with Gasteiger partial charge in [0.2, 0.25) is 5.88 Å². The van der Waals surface area contributed by atoms with Crippen molar-refractivity contribution in [2.24, 2.45) is 0 Å². The highest BCUT2D eigenvalue weighted by atomic mass is 16.5. The quantitative estimate of drug-likeness (QED) is 0.755. The zero-order valence-corrected chi connectivity index (χ0v) is 11.3. The Morgan fingerprint density at radius 2 is 2.06 bits per heavy atom. The average Bonchev–Trinajstić information content (AvgIpc) is 2.27. The minimum Gasteiger partial charge on any atom is -0.477 e. The summed E-state index contributed by atoms with van der Waals surface area (Å²) in [4.78, 5) is 15.3. The molecule has 0 unspecified atom stereocenters. The summed E-state index contributed by atoms with van der Waals surface area (Å²) in [6, 6.07) is 1.76. The number of hydrogen-bond acceptors (Lipinski definition) is 3. The monoisotopic (exact) mass is 251 g/mol. The summed E-state index contributed by atoms with van der Waals surface area (Å²) < 4.78 is 5.51. The van der Waals surface area contributed by atoms with Gasteiger partial charge in [-0.15, -0.1) is 0 Å². The lowest BCUT2D eigenvalue weighted by molar-refractivity contribution is 0.0690. The van der Waals surface area contributed by atoms with E-state index < -0.39 is 5.97 Å². The summed E-state index contributed by atoms with van der Waals surface area (Å²) in [6.45, 7) is 6.27. The van der Waals surface area contributed by atoms with Gasteiger partial charge in [-0.25, -0.2) is 9.78 Å². The normalized spacial score (nSPS) is 10.4. The average molecular weight is 251 g/mol. The highest BCUT2D eigenvalue weighted by Gasteiger charge is 2.16. The van der Waals surface area contributed by atoms with Crippen molar-refractivity contribution in [3.05, 3.63) is 22.9 Å². The van der Waals surface area contributed by atoms with Crippen LogP contribution in [0.1, 0.15) is 54.2 Å². The molecule has 0 radical (unpaired) electrons. The number of carboxylic acid groups (broad SMARTS) is 1. The van der Waals surface area contributed by atoms with Gasteiger partial charge >= 0.3 is 5.97 Å². The molecule has 0 aliphatic rings. The fourth-order valence-electron chi connectivity index (χ4n) is 1.86. The standard InChI is InChI=1S/C14H21NO3/c1-4-5-6-7-8-18-13-12(14(16)17)10(2)9-11(3)15-13/h9H,4-8H2,1-3H3,(H,16,17). The van der Waals surface area contributed by atoms with Crippen LogP contribution < -0.4 is 4.74 Å². The van der Waals surface area contributed by atoms with E-state index in [9.17, 15) is 4.79 Å². The first-order valence-corrected chi connectivity index (χ1v) is 6.40. The molecule has 0 atom stereocenters. The Labute approximate surface area is 108 Å². The second-order valence-corrected chi connectivity index (χ2v) is 4.47. The third-order valence-electron chi connectivity index (χ3n) is 2.76. The fraction of sp³-hybridized carbons (Fsp3) is 0.571. The van der Waals surface area contributed by atoms with Crippen molar-refractivity contribution in [2.45, 2.75) is 46.5 Å². The van der Waals surface area contributed by atoms with Gasteiger partial charge in [0.05, 0.1) is 6.61 Å². The first kappa shape index (κ1) is 14.5. The topological polar surface area (TPSA) is 59.4 Å². The van der Waals surface area contributed by atoms with Crippen molar-refractivity contribution < 1.29 is 14.6 Å². The van der Waals surface area contributed by atoms with E-state index >= 15 is 0 Å². The number of ether oxygens (including phenoxy) is 1. The molecule has 0 spiro atoms. The van der Waals surface area contributed by atoms with Crippen molar-refractivity contribution in [3.63, 3.8) is 0 Å². The molecule has 4 heteroatoms. The van der Waals surface area contributed by atoms with Gasteiger partial charge in [0.15, 0.2) is 0 Å². The largest absolute Gasteiger partial charge is 0.477 e. The molecule has 1 aromatic heterocycles. The lowest BCUT2D eigenvalue weighted by Gasteiger charge is -2.11. The smallest absolute Gasteiger partial charge is 0.341 e. The van der Waals surface area contributed by atoms with Crippen molar-refractivity contribution >= 4 is 5.97 Å². The van der Waals surface area contributed by atoms with Gasteiger partial charge in [-0.1, -0.05) is 26.2 Å². The van der Waals surface area contributed by atoms with Crippen LogP contribution in [0, 0.1) is 13.8 Å². The molecule has 0 saturated carbocycles. The summed E-state index contributed by atoms with van der Waals surface area (Å²) >= 11 is 0. The number of aromatic carboxylic acids is 1. The number of carboxylic acids is 1. The predicted octanol–water partition coefficient (Wildman–Crippen LogP) is 3.36. The lowest BCUT2D eigenvalue weighted by atomic mass is 10.1. The van der Waals surface area contributed by atoms with Crippen LogP contribution in [-0.4, -0.2) is 22.7 Å². The van der Waals surface area contributed by atoms with E-state index in [1.165, 1.54) is 12.8 Å². The highest BCUT2D eigenvalue weighted by molar-refractivity contribution is 5.91. The van der Waals surface area contributed by atoms with Crippen LogP contribution in [0.2, 0.25) is 0 Å². The van der Waals surface area contributed by atoms with Crippen LogP contribution in [-0.2, 0) is 0 Å². The van der Waals surface area contributed by atoms with E-state index in [-0.39, 0.29) is 11.4 Å². The van der Waals surface area contributed by atoms with Gasteiger partial charge in [-0.3, -0.25) is 0 Å². The van der Waals surface area contributed by atoms with Crippen molar-refractivity contribution in [2.75, 3.05) is 6.61 Å². The SMILES string of the molecule is CCCCCCOc1nc(C)cc(C)c1C(=O)O. The van der Waals surface area contributed by atoms with Crippen LogP contribution in [0.4, 0.5) is 0 Å². The summed E-state index contributed by atoms with van der Waals surface area (Å²) in [6.07, 6.45) is 4.38. The molecule has 1 heterocycles. The Bertz CT molecular complexity index is 416. The van der Waals surface area contributed by atoms with Crippen LogP contribution in [0.15, 0.2) is 6.07 Å². The number of pyridine rings is 1. The summed E-state index contributed by atoms with van der Waals surface area (Å²) in [5.74, 6) is -0.736. The molecule has 4 nitrogen and oxygen atoms in total. The van der Waals surface area contributed by atoms with E-state index in [2.05, 4.69) is 11.9 Å². The third kappa shape index (κ3) is 4.02. The highest BCUT2D eigenvalue weighted by Crippen LogP contribution is 2.21. The number of unbranched alkanes of at least 4 members (excludes halogenated alkanes) is 3. The van der Waals surface area contributed by atoms with Gasteiger partial charge in [0.1, 0.15) is 5.56 Å². The molecule has 1 aromatic rings. The van der Waals surface area contributed by atoms with Crippen LogP contribution in [0.3, 0.4) is 0 Å². The number of rotatable bonds is 7. The summed E-state index contributed by atoms with van der Waals surface area (Å²) in [5, 5.41) is 9.16. The molecule has 100 valence electrons. The minimum absolute atomic E-state index is 0.177. The summed E-state index contributed by atoms with van der Waals surface area (Å²) in [5.41, 5.74) is 1.65. The number of nitrogens with zero attached hydrogens (tertiary/aromatic N) is 1. The van der Waals surface area contributed by atoms with Gasteiger partial charge in [0.25, 0.3) is 0 Å². The maximum absolute atomic E-state index is 11.2. The minimum atomic E-state index is -0.983. The maximum atomic E-state index is 11.2. The van der Waals surface area contributed by atoms with E-state index in [0.717, 1.165) is 18.5 Å². The van der Waals surface area contributed by atoms with Gasteiger partial charge in [-0.05, 0) is 31.9 Å². The molecule has 0 saturated heterocycles. The van der Waals surface area contributed by atoms with Crippen LogP contribution in [0.25, 0.3) is 0 Å². The Balaban J connectivity index is 2.71. The molecule has 0 aromatic carbocycles. The Kier molecular flexibility index (Phi) is 5.62. The molecular formula is C14H21NO3. The molecular weight excluding hydrogens is 230 g/mol. The number of aromatic nitrogens is 1. The molecule has 1 N–H and O–H groups in total. The first-order valence-electron chi connectivity index (χ1n) is 6.40. The van der Waals surface area contributed by atoms with Gasteiger partial charge in [-0.2, -0.15) is 0 Å². The van der Waals surface area contributed by atoms with Crippen LogP contribution >= 0.6 is 0 Å². The maximum Gasteiger partial charge on any atom is 0.341 e. The summed E-state index contributed by atoms with van der Waals surface area (Å²) in [7, 11) is 0. The predicted molar refractivity (Wildman–Crippen MR) is 70.3 cm³/mol. The number of aryl methyl sites for hydroxylation is 2. The molecule has 0 aliphatic heterocycles.